The van der Waals surface area contributed by atoms with E-state index < -0.39 is 37.0 Å². The molecular weight excluding hydrogens is 310 g/mol. The molecule has 3 nitrogen and oxygen atoms in total. The molecule has 1 aromatic rings. The van der Waals surface area contributed by atoms with Crippen molar-refractivity contribution in [2.45, 2.75) is 37.0 Å². The molecule has 0 radical (unpaired) electrons. The first-order chi connectivity index (χ1) is 11.0. The molecule has 1 fully saturated rings. The number of nitriles is 2. The van der Waals surface area contributed by atoms with Crippen molar-refractivity contribution in [3.8, 4) is 12.1 Å². The van der Waals surface area contributed by atoms with Gasteiger partial charge >= 0.3 is 0 Å². The lowest BCUT2D eigenvalue weighted by molar-refractivity contribution is -0.00569. The van der Waals surface area contributed by atoms with Crippen molar-refractivity contribution in [2.24, 2.45) is 0 Å². The van der Waals surface area contributed by atoms with Crippen LogP contribution in [0.25, 0.3) is 0 Å². The zero-order valence-electron chi connectivity index (χ0n) is 11.9. The summed E-state index contributed by atoms with van der Waals surface area (Å²) in [6.07, 6.45) is -8.01. The number of halogens is 4. The van der Waals surface area contributed by atoms with Gasteiger partial charge in [-0.05, 0) is 17.7 Å². The molecule has 0 bridgehead atoms. The summed E-state index contributed by atoms with van der Waals surface area (Å²) in [5.41, 5.74) is 0.276. The molecule has 4 atom stereocenters. The quantitative estimate of drug-likeness (QED) is 0.678. The van der Waals surface area contributed by atoms with Gasteiger partial charge in [0.05, 0.1) is 5.92 Å². The molecule has 1 saturated carbocycles. The number of hydrogen-bond donors (Lipinski definition) is 1. The minimum absolute atomic E-state index is 0.115. The van der Waals surface area contributed by atoms with E-state index in [0.29, 0.717) is 5.69 Å². The Morgan fingerprint density at radius 1 is 1.09 bits per heavy atom. The van der Waals surface area contributed by atoms with Crippen molar-refractivity contribution in [3.63, 3.8) is 0 Å². The minimum Gasteiger partial charge on any atom is -0.360 e. The first kappa shape index (κ1) is 16.8. The second-order valence-corrected chi connectivity index (χ2v) is 5.23. The molecule has 1 aromatic carbocycles. The van der Waals surface area contributed by atoms with Crippen LogP contribution in [0.15, 0.2) is 36.0 Å². The second kappa shape index (κ2) is 7.15. The van der Waals surface area contributed by atoms with Gasteiger partial charge in [0.25, 0.3) is 0 Å². The zero-order valence-corrected chi connectivity index (χ0v) is 11.9. The normalized spacial score (nSPS) is 29.9. The van der Waals surface area contributed by atoms with E-state index in [0.717, 1.165) is 6.20 Å². The Balaban J connectivity index is 2.27. The lowest BCUT2D eigenvalue weighted by atomic mass is 9.79. The van der Waals surface area contributed by atoms with Gasteiger partial charge in [-0.2, -0.15) is 10.5 Å². The van der Waals surface area contributed by atoms with E-state index in [1.165, 1.54) is 24.3 Å². The van der Waals surface area contributed by atoms with Gasteiger partial charge in [0.1, 0.15) is 42.4 Å². The van der Waals surface area contributed by atoms with Crippen molar-refractivity contribution in [2.75, 3.05) is 5.32 Å². The van der Waals surface area contributed by atoms with Crippen LogP contribution in [0.2, 0.25) is 0 Å². The Morgan fingerprint density at radius 3 is 2.26 bits per heavy atom. The molecule has 0 aromatic heterocycles. The molecule has 1 N–H and O–H groups in total. The molecule has 1 aliphatic carbocycles. The maximum atomic E-state index is 14.0. The van der Waals surface area contributed by atoms with Crippen LogP contribution in [0.5, 0.6) is 0 Å². The lowest BCUT2D eigenvalue weighted by Crippen LogP contribution is -2.43. The average Bonchev–Trinajstić information content (AvgIpc) is 2.55. The van der Waals surface area contributed by atoms with Crippen molar-refractivity contribution in [1.29, 1.82) is 10.5 Å². The molecule has 7 heteroatoms. The van der Waals surface area contributed by atoms with Gasteiger partial charge in [0, 0.05) is 18.3 Å². The fourth-order valence-electron chi connectivity index (χ4n) is 2.55. The van der Waals surface area contributed by atoms with Crippen LogP contribution in [0.4, 0.5) is 23.2 Å². The summed E-state index contributed by atoms with van der Waals surface area (Å²) < 4.78 is 55.0. The van der Waals surface area contributed by atoms with Gasteiger partial charge in [-0.25, -0.2) is 17.6 Å². The second-order valence-electron chi connectivity index (χ2n) is 5.23. The number of alkyl halides is 4. The number of anilines is 1. The van der Waals surface area contributed by atoms with E-state index in [1.807, 2.05) is 0 Å². The smallest absolute Gasteiger partial charge is 0.145 e. The van der Waals surface area contributed by atoms with Crippen LogP contribution in [0.3, 0.4) is 0 Å². The SMILES string of the molecule is N#CC(C#N)=CNc1cccc(C2C(F)C(F)CC(F)C2F)c1. The highest BCUT2D eigenvalue weighted by atomic mass is 19.2. The Kier molecular flexibility index (Phi) is 5.23. The highest BCUT2D eigenvalue weighted by Crippen LogP contribution is 2.40. The molecule has 1 aliphatic rings. The Bertz CT molecular complexity index is 647. The van der Waals surface area contributed by atoms with Gasteiger partial charge in [0.15, 0.2) is 0 Å². The Morgan fingerprint density at radius 2 is 1.70 bits per heavy atom. The molecule has 4 unspecified atom stereocenters. The summed E-state index contributed by atoms with van der Waals surface area (Å²) in [5, 5.41) is 19.9. The summed E-state index contributed by atoms with van der Waals surface area (Å²) in [6.45, 7) is 0. The van der Waals surface area contributed by atoms with E-state index in [1.54, 1.807) is 12.1 Å². The maximum Gasteiger partial charge on any atom is 0.145 e. The van der Waals surface area contributed by atoms with E-state index >= 15 is 0 Å². The lowest BCUT2D eigenvalue weighted by Gasteiger charge is -2.34. The number of hydrogen-bond acceptors (Lipinski definition) is 3. The summed E-state index contributed by atoms with van der Waals surface area (Å²) in [4.78, 5) is 0. The number of nitrogens with zero attached hydrogens (tertiary/aromatic N) is 2. The van der Waals surface area contributed by atoms with Crippen LogP contribution in [-0.2, 0) is 0 Å². The number of nitrogens with one attached hydrogen (secondary N) is 1. The Labute approximate surface area is 130 Å². The molecular formula is C16H13F4N3. The minimum atomic E-state index is -2.13. The number of rotatable bonds is 3. The van der Waals surface area contributed by atoms with Crippen LogP contribution < -0.4 is 5.32 Å². The monoisotopic (exact) mass is 323 g/mol. The molecule has 0 aliphatic heterocycles. The largest absolute Gasteiger partial charge is 0.360 e. The van der Waals surface area contributed by atoms with Crippen molar-refractivity contribution in [1.82, 2.24) is 0 Å². The first-order valence-electron chi connectivity index (χ1n) is 6.91. The number of allylic oxidation sites excluding steroid dienone is 1. The summed E-state index contributed by atoms with van der Waals surface area (Å²) in [5.74, 6) is -1.54. The zero-order chi connectivity index (χ0) is 17.0. The average molecular weight is 323 g/mol. The standard InChI is InChI=1S/C16H13F4N3/c17-12-5-13(18)16(20)14(15(12)19)10-2-1-3-11(4-10)23-8-9(6-21)7-22/h1-4,8,12-16,23H,5H2. The molecule has 0 spiro atoms. The summed E-state index contributed by atoms with van der Waals surface area (Å²) in [6, 6.07) is 9.03. The predicted molar refractivity (Wildman–Crippen MR) is 76.3 cm³/mol. The van der Waals surface area contributed by atoms with Crippen molar-refractivity contribution >= 4 is 5.69 Å². The van der Waals surface area contributed by atoms with Crippen LogP contribution >= 0.6 is 0 Å². The molecule has 0 saturated heterocycles. The fourth-order valence-corrected chi connectivity index (χ4v) is 2.55. The molecule has 120 valence electrons. The van der Waals surface area contributed by atoms with Crippen molar-refractivity contribution in [3.05, 3.63) is 41.6 Å². The molecule has 23 heavy (non-hydrogen) atoms. The molecule has 2 rings (SSSR count). The highest BCUT2D eigenvalue weighted by Gasteiger charge is 2.47. The van der Waals surface area contributed by atoms with Gasteiger partial charge < -0.3 is 5.32 Å². The number of benzene rings is 1. The van der Waals surface area contributed by atoms with Crippen molar-refractivity contribution < 1.29 is 17.6 Å². The van der Waals surface area contributed by atoms with E-state index in [-0.39, 0.29) is 11.1 Å². The first-order valence-corrected chi connectivity index (χ1v) is 6.91. The third kappa shape index (κ3) is 3.62. The third-order valence-electron chi connectivity index (χ3n) is 3.72. The topological polar surface area (TPSA) is 59.6 Å². The maximum absolute atomic E-state index is 14.0. The van der Waals surface area contributed by atoms with Gasteiger partial charge in [-0.15, -0.1) is 0 Å². The van der Waals surface area contributed by atoms with Crippen LogP contribution in [0.1, 0.15) is 17.9 Å². The Hall–Kier alpha value is -2.54. The van der Waals surface area contributed by atoms with E-state index in [2.05, 4.69) is 5.32 Å². The predicted octanol–water partition coefficient (Wildman–Crippen LogP) is 3.87. The highest BCUT2D eigenvalue weighted by molar-refractivity contribution is 5.51. The van der Waals surface area contributed by atoms with Crippen LogP contribution in [0, 0.1) is 22.7 Å². The van der Waals surface area contributed by atoms with E-state index in [9.17, 15) is 17.6 Å². The third-order valence-corrected chi connectivity index (χ3v) is 3.72. The van der Waals surface area contributed by atoms with Gasteiger partial charge in [-0.1, -0.05) is 12.1 Å². The molecule has 0 amide bonds. The van der Waals surface area contributed by atoms with Gasteiger partial charge in [0.2, 0.25) is 0 Å². The van der Waals surface area contributed by atoms with E-state index in [4.69, 9.17) is 10.5 Å². The summed E-state index contributed by atoms with van der Waals surface area (Å²) >= 11 is 0. The summed E-state index contributed by atoms with van der Waals surface area (Å²) in [7, 11) is 0. The fraction of sp³-hybridized carbons (Fsp3) is 0.375. The molecule has 0 heterocycles. The van der Waals surface area contributed by atoms with Crippen LogP contribution in [-0.4, -0.2) is 24.7 Å². The van der Waals surface area contributed by atoms with Gasteiger partial charge in [-0.3, -0.25) is 0 Å².